The molecule has 1 aliphatic rings. The van der Waals surface area contributed by atoms with Gasteiger partial charge in [0.25, 0.3) is 0 Å². The van der Waals surface area contributed by atoms with Gasteiger partial charge in [0.2, 0.25) is 0 Å². The summed E-state index contributed by atoms with van der Waals surface area (Å²) in [6.45, 7) is 6.08. The van der Waals surface area contributed by atoms with Crippen LogP contribution in [0.15, 0.2) is 36.4 Å². The number of rotatable bonds is 2. The van der Waals surface area contributed by atoms with Gasteiger partial charge in [0, 0.05) is 11.3 Å². The van der Waals surface area contributed by atoms with Crippen molar-refractivity contribution in [3.63, 3.8) is 0 Å². The highest BCUT2D eigenvalue weighted by atomic mass is 35.5. The first-order chi connectivity index (χ1) is 7.18. The van der Waals surface area contributed by atoms with Crippen LogP contribution < -0.4 is 0 Å². The summed E-state index contributed by atoms with van der Waals surface area (Å²) in [5, 5.41) is 0.275. The summed E-state index contributed by atoms with van der Waals surface area (Å²) >= 11 is 6.41. The molecule has 0 nitrogen and oxygen atoms in total. The average molecular weight is 221 g/mol. The third kappa shape index (κ3) is 2.26. The highest BCUT2D eigenvalue weighted by molar-refractivity contribution is 6.21. The van der Waals surface area contributed by atoms with Crippen LogP contribution in [-0.4, -0.2) is 5.38 Å². The van der Waals surface area contributed by atoms with E-state index in [1.807, 2.05) is 0 Å². The van der Waals surface area contributed by atoms with Gasteiger partial charge in [-0.3, -0.25) is 0 Å². The molecule has 80 valence electrons. The lowest BCUT2D eigenvalue weighted by atomic mass is 9.79. The maximum Gasteiger partial charge on any atom is 0.0410 e. The lowest BCUT2D eigenvalue weighted by Gasteiger charge is -2.30. The first kappa shape index (κ1) is 10.8. The Morgan fingerprint density at radius 3 is 2.93 bits per heavy atom. The maximum atomic E-state index is 6.41. The molecule has 15 heavy (non-hydrogen) atoms. The van der Waals surface area contributed by atoms with Crippen molar-refractivity contribution in [3.05, 3.63) is 47.5 Å². The maximum absolute atomic E-state index is 6.41. The first-order valence-electron chi connectivity index (χ1n) is 5.54. The van der Waals surface area contributed by atoms with Gasteiger partial charge in [-0.2, -0.15) is 0 Å². The summed E-state index contributed by atoms with van der Waals surface area (Å²) in [4.78, 5) is 0. The number of halogens is 1. The molecular weight excluding hydrogens is 204 g/mol. The van der Waals surface area contributed by atoms with Crippen LogP contribution in [0.4, 0.5) is 0 Å². The molecule has 2 rings (SSSR count). The zero-order valence-electron chi connectivity index (χ0n) is 9.17. The Hall–Kier alpha value is -0.750. The van der Waals surface area contributed by atoms with Gasteiger partial charge in [0.1, 0.15) is 0 Å². The van der Waals surface area contributed by atoms with Gasteiger partial charge in [-0.05, 0) is 37.3 Å². The van der Waals surface area contributed by atoms with Crippen molar-refractivity contribution in [2.75, 3.05) is 0 Å². The molecule has 0 bridgehead atoms. The summed E-state index contributed by atoms with van der Waals surface area (Å²) in [5.41, 5.74) is 4.13. The quantitative estimate of drug-likeness (QED) is 0.515. The summed E-state index contributed by atoms with van der Waals surface area (Å²) < 4.78 is 0. The number of hydrogen-bond donors (Lipinski definition) is 0. The molecule has 0 aromatic heterocycles. The molecule has 1 aromatic carbocycles. The van der Waals surface area contributed by atoms with E-state index in [1.165, 1.54) is 16.7 Å². The van der Waals surface area contributed by atoms with Gasteiger partial charge < -0.3 is 0 Å². The van der Waals surface area contributed by atoms with Gasteiger partial charge in [-0.1, -0.05) is 29.8 Å². The molecule has 0 radical (unpaired) electrons. The average Bonchev–Trinajstić information content (AvgIpc) is 2.22. The molecule has 0 N–H and O–H groups in total. The Morgan fingerprint density at radius 1 is 1.47 bits per heavy atom. The minimum atomic E-state index is 0.275. The minimum absolute atomic E-state index is 0.275. The molecule has 0 heterocycles. The SMILES string of the molecule is C=C(C)CC1c2ccccc2CCC1Cl. The van der Waals surface area contributed by atoms with Crippen molar-refractivity contribution in [1.82, 2.24) is 0 Å². The van der Waals surface area contributed by atoms with Crippen LogP contribution in [0.1, 0.15) is 36.8 Å². The lowest BCUT2D eigenvalue weighted by molar-refractivity contribution is 0.558. The Morgan fingerprint density at radius 2 is 2.20 bits per heavy atom. The number of aryl methyl sites for hydroxylation is 1. The van der Waals surface area contributed by atoms with Gasteiger partial charge in [0.15, 0.2) is 0 Å². The first-order valence-corrected chi connectivity index (χ1v) is 5.98. The molecule has 0 amide bonds. The number of fused-ring (bicyclic) bond motifs is 1. The van der Waals surface area contributed by atoms with E-state index in [-0.39, 0.29) is 5.38 Å². The van der Waals surface area contributed by atoms with E-state index in [0.717, 1.165) is 19.3 Å². The molecular formula is C14H17Cl. The van der Waals surface area contributed by atoms with Crippen LogP contribution in [0.3, 0.4) is 0 Å². The normalized spacial score (nSPS) is 24.7. The zero-order chi connectivity index (χ0) is 10.8. The van der Waals surface area contributed by atoms with Gasteiger partial charge >= 0.3 is 0 Å². The third-order valence-electron chi connectivity index (χ3n) is 3.15. The summed E-state index contributed by atoms with van der Waals surface area (Å²) in [7, 11) is 0. The monoisotopic (exact) mass is 220 g/mol. The van der Waals surface area contributed by atoms with E-state index in [9.17, 15) is 0 Å². The Labute approximate surface area is 97.0 Å². The highest BCUT2D eigenvalue weighted by Gasteiger charge is 2.27. The Balaban J connectivity index is 2.32. The second-order valence-corrected chi connectivity index (χ2v) is 5.08. The van der Waals surface area contributed by atoms with Crippen molar-refractivity contribution in [2.24, 2.45) is 0 Å². The second-order valence-electron chi connectivity index (χ2n) is 4.52. The Kier molecular flexibility index (Phi) is 3.16. The topological polar surface area (TPSA) is 0 Å². The van der Waals surface area contributed by atoms with Gasteiger partial charge in [-0.25, -0.2) is 0 Å². The lowest BCUT2D eigenvalue weighted by Crippen LogP contribution is -2.21. The summed E-state index contributed by atoms with van der Waals surface area (Å²) in [6, 6.07) is 8.67. The molecule has 0 saturated carbocycles. The number of benzene rings is 1. The van der Waals surface area contributed by atoms with E-state index in [0.29, 0.717) is 5.92 Å². The fourth-order valence-electron chi connectivity index (χ4n) is 2.43. The molecule has 0 fully saturated rings. The van der Waals surface area contributed by atoms with Crippen molar-refractivity contribution >= 4 is 11.6 Å². The fraction of sp³-hybridized carbons (Fsp3) is 0.429. The smallest absolute Gasteiger partial charge is 0.0410 e. The van der Waals surface area contributed by atoms with Gasteiger partial charge in [0.05, 0.1) is 0 Å². The summed E-state index contributed by atoms with van der Waals surface area (Å²) in [5.74, 6) is 0.467. The summed E-state index contributed by atoms with van der Waals surface area (Å²) in [6.07, 6.45) is 3.23. The molecule has 1 aromatic rings. The Bertz CT molecular complexity index is 367. The van der Waals surface area contributed by atoms with E-state index in [2.05, 4.69) is 37.8 Å². The van der Waals surface area contributed by atoms with E-state index < -0.39 is 0 Å². The number of alkyl halides is 1. The highest BCUT2D eigenvalue weighted by Crippen LogP contribution is 2.38. The van der Waals surface area contributed by atoms with Crippen molar-refractivity contribution in [3.8, 4) is 0 Å². The number of hydrogen-bond acceptors (Lipinski definition) is 0. The predicted molar refractivity (Wildman–Crippen MR) is 66.6 cm³/mol. The van der Waals surface area contributed by atoms with Crippen molar-refractivity contribution in [2.45, 2.75) is 37.5 Å². The fourth-order valence-corrected chi connectivity index (χ4v) is 2.76. The minimum Gasteiger partial charge on any atom is -0.122 e. The van der Waals surface area contributed by atoms with Crippen LogP contribution in [0, 0.1) is 0 Å². The molecule has 0 aliphatic heterocycles. The van der Waals surface area contributed by atoms with E-state index in [4.69, 9.17) is 11.6 Å². The molecule has 2 unspecified atom stereocenters. The molecule has 1 heteroatoms. The van der Waals surface area contributed by atoms with Crippen molar-refractivity contribution in [1.29, 1.82) is 0 Å². The van der Waals surface area contributed by atoms with Crippen LogP contribution in [0.2, 0.25) is 0 Å². The van der Waals surface area contributed by atoms with Crippen LogP contribution in [0.5, 0.6) is 0 Å². The number of allylic oxidation sites excluding steroid dienone is 1. The van der Waals surface area contributed by atoms with E-state index in [1.54, 1.807) is 0 Å². The largest absolute Gasteiger partial charge is 0.122 e. The predicted octanol–water partition coefficient (Wildman–Crippen LogP) is 4.29. The second kappa shape index (κ2) is 4.40. The third-order valence-corrected chi connectivity index (χ3v) is 3.67. The van der Waals surface area contributed by atoms with Gasteiger partial charge in [-0.15, -0.1) is 18.2 Å². The van der Waals surface area contributed by atoms with Crippen molar-refractivity contribution < 1.29 is 0 Å². The van der Waals surface area contributed by atoms with Crippen LogP contribution in [0.25, 0.3) is 0 Å². The molecule has 0 spiro atoms. The van der Waals surface area contributed by atoms with E-state index >= 15 is 0 Å². The van der Waals surface area contributed by atoms with Crippen LogP contribution >= 0.6 is 11.6 Å². The molecule has 1 aliphatic carbocycles. The molecule has 2 atom stereocenters. The molecule has 0 saturated heterocycles. The standard InChI is InChI=1S/C14H17Cl/c1-10(2)9-13-12-6-4-3-5-11(12)7-8-14(13)15/h3-6,13-14H,1,7-9H2,2H3. The zero-order valence-corrected chi connectivity index (χ0v) is 9.93. The van der Waals surface area contributed by atoms with Crippen LogP contribution in [-0.2, 0) is 6.42 Å².